The molecule has 0 bridgehead atoms. The summed E-state index contributed by atoms with van der Waals surface area (Å²) in [5.74, 6) is 0. The van der Waals surface area contributed by atoms with Crippen LogP contribution in [0.4, 0.5) is 0 Å². The van der Waals surface area contributed by atoms with Crippen LogP contribution in [-0.2, 0) is 13.5 Å². The summed E-state index contributed by atoms with van der Waals surface area (Å²) in [4.78, 5) is 4.40. The Balaban J connectivity index is 1.79. The zero-order valence-electron chi connectivity index (χ0n) is 14.1. The van der Waals surface area contributed by atoms with Crippen molar-refractivity contribution in [1.29, 1.82) is 0 Å². The minimum absolute atomic E-state index is 0.133. The molecular formula is C21H20N4. The highest BCUT2D eigenvalue weighted by molar-refractivity contribution is 5.94. The number of nitrogens with zero attached hydrogens (tertiary/aromatic N) is 3. The molecule has 4 heteroatoms. The maximum Gasteiger partial charge on any atom is 0.100 e. The van der Waals surface area contributed by atoms with Crippen LogP contribution in [-0.4, -0.2) is 14.8 Å². The third-order valence-electron chi connectivity index (χ3n) is 4.53. The molecule has 4 nitrogen and oxygen atoms in total. The molecule has 0 spiro atoms. The third-order valence-corrected chi connectivity index (χ3v) is 4.53. The van der Waals surface area contributed by atoms with Gasteiger partial charge in [-0.15, -0.1) is 0 Å². The van der Waals surface area contributed by atoms with E-state index in [0.29, 0.717) is 6.42 Å². The molecule has 4 aromatic rings. The Hall–Kier alpha value is -2.98. The van der Waals surface area contributed by atoms with E-state index in [2.05, 4.69) is 29.2 Å². The smallest absolute Gasteiger partial charge is 0.100 e. The molecule has 0 aliphatic rings. The first kappa shape index (κ1) is 15.5. The first-order valence-electron chi connectivity index (χ1n) is 8.40. The number of rotatable bonds is 4. The van der Waals surface area contributed by atoms with Gasteiger partial charge in [-0.3, -0.25) is 9.67 Å². The van der Waals surface area contributed by atoms with Crippen LogP contribution in [0.15, 0.2) is 72.9 Å². The van der Waals surface area contributed by atoms with Gasteiger partial charge in [0.2, 0.25) is 0 Å². The maximum absolute atomic E-state index is 6.54. The number of nitrogens with two attached hydrogens (primary N) is 1. The summed E-state index contributed by atoms with van der Waals surface area (Å²) in [6, 6.07) is 22.3. The van der Waals surface area contributed by atoms with Gasteiger partial charge >= 0.3 is 0 Å². The average Bonchev–Trinajstić information content (AvgIpc) is 3.00. The van der Waals surface area contributed by atoms with Crippen molar-refractivity contribution >= 4 is 10.9 Å². The molecular weight excluding hydrogens is 308 g/mol. The lowest BCUT2D eigenvalue weighted by Crippen LogP contribution is -2.15. The van der Waals surface area contributed by atoms with Crippen LogP contribution < -0.4 is 5.73 Å². The van der Waals surface area contributed by atoms with Gasteiger partial charge in [0, 0.05) is 42.4 Å². The van der Waals surface area contributed by atoms with Crippen molar-refractivity contribution in [2.24, 2.45) is 12.8 Å². The summed E-state index contributed by atoms with van der Waals surface area (Å²) in [6.07, 6.45) is 2.50. The fourth-order valence-corrected chi connectivity index (χ4v) is 3.30. The Kier molecular flexibility index (Phi) is 4.04. The summed E-state index contributed by atoms with van der Waals surface area (Å²) < 4.78 is 1.92. The molecule has 0 saturated heterocycles. The Morgan fingerprint density at radius 1 is 0.960 bits per heavy atom. The van der Waals surface area contributed by atoms with E-state index in [-0.39, 0.29) is 6.04 Å². The fraction of sp³-hybridized carbons (Fsp3) is 0.143. The SMILES string of the molecule is Cn1nc(-c2ccccc2C(N)Cc2ccccn2)c2ccccc21. The van der Waals surface area contributed by atoms with Gasteiger partial charge in [0.05, 0.1) is 5.52 Å². The van der Waals surface area contributed by atoms with E-state index >= 15 is 0 Å². The molecule has 1 atom stereocenters. The third kappa shape index (κ3) is 2.92. The molecule has 2 aromatic heterocycles. The van der Waals surface area contributed by atoms with Gasteiger partial charge in [-0.25, -0.2) is 0 Å². The molecule has 2 aromatic carbocycles. The molecule has 0 aliphatic heterocycles. The van der Waals surface area contributed by atoms with Crippen molar-refractivity contribution in [2.45, 2.75) is 12.5 Å². The number of hydrogen-bond acceptors (Lipinski definition) is 3. The van der Waals surface area contributed by atoms with Crippen LogP contribution in [0.5, 0.6) is 0 Å². The Bertz CT molecular complexity index is 1000. The van der Waals surface area contributed by atoms with Crippen molar-refractivity contribution in [3.63, 3.8) is 0 Å². The van der Waals surface area contributed by atoms with Crippen molar-refractivity contribution in [3.8, 4) is 11.3 Å². The molecule has 0 saturated carbocycles. The molecule has 2 N–H and O–H groups in total. The number of pyridine rings is 1. The minimum atomic E-state index is -0.133. The van der Waals surface area contributed by atoms with Crippen LogP contribution in [0.25, 0.3) is 22.2 Å². The lowest BCUT2D eigenvalue weighted by Gasteiger charge is -2.15. The summed E-state index contributed by atoms with van der Waals surface area (Å²) in [6.45, 7) is 0. The second-order valence-corrected chi connectivity index (χ2v) is 6.21. The Morgan fingerprint density at radius 2 is 1.72 bits per heavy atom. The maximum atomic E-state index is 6.54. The van der Waals surface area contributed by atoms with Gasteiger partial charge in [-0.05, 0) is 23.8 Å². The van der Waals surface area contributed by atoms with Crippen molar-refractivity contribution in [2.75, 3.05) is 0 Å². The molecule has 124 valence electrons. The molecule has 1 unspecified atom stereocenters. The van der Waals surface area contributed by atoms with Gasteiger partial charge in [-0.2, -0.15) is 5.10 Å². The largest absolute Gasteiger partial charge is 0.324 e. The van der Waals surface area contributed by atoms with Crippen LogP contribution >= 0.6 is 0 Å². The quantitative estimate of drug-likeness (QED) is 0.618. The van der Waals surface area contributed by atoms with E-state index < -0.39 is 0 Å². The number of aromatic nitrogens is 3. The van der Waals surface area contributed by atoms with Gasteiger partial charge in [0.25, 0.3) is 0 Å². The number of para-hydroxylation sites is 1. The molecule has 0 aliphatic carbocycles. The van der Waals surface area contributed by atoms with Crippen LogP contribution in [0.1, 0.15) is 17.3 Å². The van der Waals surface area contributed by atoms with E-state index in [4.69, 9.17) is 10.8 Å². The Labute approximate surface area is 146 Å². The van der Waals surface area contributed by atoms with Gasteiger partial charge < -0.3 is 5.73 Å². The van der Waals surface area contributed by atoms with E-state index in [9.17, 15) is 0 Å². The normalized spacial score (nSPS) is 12.4. The molecule has 4 rings (SSSR count). The highest BCUT2D eigenvalue weighted by Gasteiger charge is 2.17. The second-order valence-electron chi connectivity index (χ2n) is 6.21. The van der Waals surface area contributed by atoms with Gasteiger partial charge in [0.1, 0.15) is 5.69 Å². The van der Waals surface area contributed by atoms with Crippen molar-refractivity contribution < 1.29 is 0 Å². The first-order chi connectivity index (χ1) is 12.2. The monoisotopic (exact) mass is 328 g/mol. The lowest BCUT2D eigenvalue weighted by atomic mass is 9.94. The Morgan fingerprint density at radius 3 is 2.56 bits per heavy atom. The van der Waals surface area contributed by atoms with Gasteiger partial charge in [0.15, 0.2) is 0 Å². The predicted octanol–water partition coefficient (Wildman–Crippen LogP) is 3.88. The lowest BCUT2D eigenvalue weighted by molar-refractivity contribution is 0.707. The summed E-state index contributed by atoms with van der Waals surface area (Å²) in [5, 5.41) is 5.90. The molecule has 0 fully saturated rings. The average molecular weight is 328 g/mol. The number of benzene rings is 2. The topological polar surface area (TPSA) is 56.7 Å². The van der Waals surface area contributed by atoms with E-state index in [0.717, 1.165) is 33.4 Å². The zero-order valence-corrected chi connectivity index (χ0v) is 14.1. The standard InChI is InChI=1S/C21H20N4/c1-25-20-12-5-4-11-18(20)21(24-25)17-10-3-2-9-16(17)19(22)14-15-8-6-7-13-23-15/h2-13,19H,14,22H2,1H3. The number of fused-ring (bicyclic) bond motifs is 1. The van der Waals surface area contributed by atoms with E-state index in [1.165, 1.54) is 0 Å². The molecule has 0 amide bonds. The van der Waals surface area contributed by atoms with Crippen LogP contribution in [0.2, 0.25) is 0 Å². The predicted molar refractivity (Wildman–Crippen MR) is 101 cm³/mol. The summed E-state index contributed by atoms with van der Waals surface area (Å²) in [5.41, 5.74) is 11.8. The molecule has 25 heavy (non-hydrogen) atoms. The molecule has 0 radical (unpaired) electrons. The fourth-order valence-electron chi connectivity index (χ4n) is 3.30. The highest BCUT2D eigenvalue weighted by Crippen LogP contribution is 2.32. The first-order valence-corrected chi connectivity index (χ1v) is 8.40. The highest BCUT2D eigenvalue weighted by atomic mass is 15.3. The van der Waals surface area contributed by atoms with Crippen LogP contribution in [0.3, 0.4) is 0 Å². The van der Waals surface area contributed by atoms with Crippen molar-refractivity contribution in [3.05, 3.63) is 84.2 Å². The zero-order chi connectivity index (χ0) is 17.2. The minimum Gasteiger partial charge on any atom is -0.324 e. The van der Waals surface area contributed by atoms with Crippen LogP contribution in [0, 0.1) is 0 Å². The van der Waals surface area contributed by atoms with E-state index in [1.807, 2.05) is 54.2 Å². The number of hydrogen-bond donors (Lipinski definition) is 1. The molecule has 2 heterocycles. The summed E-state index contributed by atoms with van der Waals surface area (Å²) >= 11 is 0. The summed E-state index contributed by atoms with van der Waals surface area (Å²) in [7, 11) is 1.97. The van der Waals surface area contributed by atoms with Crippen molar-refractivity contribution in [1.82, 2.24) is 14.8 Å². The van der Waals surface area contributed by atoms with E-state index in [1.54, 1.807) is 6.20 Å². The number of aryl methyl sites for hydroxylation is 1. The van der Waals surface area contributed by atoms with Gasteiger partial charge in [-0.1, -0.05) is 48.5 Å². The second kappa shape index (κ2) is 6.49.